The topological polar surface area (TPSA) is 46.5 Å². The fourth-order valence-electron chi connectivity index (χ4n) is 2.61. The van der Waals surface area contributed by atoms with Crippen LogP contribution in [0, 0.1) is 13.8 Å². The van der Waals surface area contributed by atoms with Crippen molar-refractivity contribution in [3.63, 3.8) is 0 Å². The minimum Gasteiger partial charge on any atom is -0.478 e. The number of aryl methyl sites for hydroxylation is 1. The third kappa shape index (κ3) is 4.38. The summed E-state index contributed by atoms with van der Waals surface area (Å²) in [6.45, 7) is 10.5. The molecule has 2 rings (SSSR count). The standard InChI is InChI=1S/C21H26O3/c1-14-7-6-8-16(15(14)2)13-19(20(22)23)24-18-11-9-17(10-12-18)21(3,4)5/h6-12,19H,13H2,1-5H3,(H,22,23)/t19-/m1/s1. The summed E-state index contributed by atoms with van der Waals surface area (Å²) >= 11 is 0. The summed E-state index contributed by atoms with van der Waals surface area (Å²) in [7, 11) is 0. The number of aliphatic carboxylic acids is 1. The number of carboxylic acid groups (broad SMARTS) is 1. The van der Waals surface area contributed by atoms with E-state index in [4.69, 9.17) is 4.74 Å². The van der Waals surface area contributed by atoms with E-state index in [0.29, 0.717) is 12.2 Å². The van der Waals surface area contributed by atoms with Crippen molar-refractivity contribution in [2.45, 2.75) is 52.6 Å². The number of hydrogen-bond donors (Lipinski definition) is 1. The molecule has 0 fully saturated rings. The summed E-state index contributed by atoms with van der Waals surface area (Å²) < 4.78 is 5.74. The Hall–Kier alpha value is -2.29. The van der Waals surface area contributed by atoms with E-state index in [2.05, 4.69) is 20.8 Å². The van der Waals surface area contributed by atoms with E-state index in [1.807, 2.05) is 56.3 Å². The molecule has 0 amide bonds. The van der Waals surface area contributed by atoms with Gasteiger partial charge in [-0.2, -0.15) is 0 Å². The molecule has 0 saturated heterocycles. The van der Waals surface area contributed by atoms with E-state index in [-0.39, 0.29) is 5.41 Å². The van der Waals surface area contributed by atoms with Gasteiger partial charge in [-0.25, -0.2) is 4.79 Å². The van der Waals surface area contributed by atoms with Crippen molar-refractivity contribution in [3.8, 4) is 5.75 Å². The molecule has 0 aliphatic carbocycles. The van der Waals surface area contributed by atoms with Gasteiger partial charge in [0.15, 0.2) is 6.10 Å². The van der Waals surface area contributed by atoms with Crippen LogP contribution < -0.4 is 4.74 Å². The highest BCUT2D eigenvalue weighted by Gasteiger charge is 2.22. The Morgan fingerprint density at radius 1 is 1.08 bits per heavy atom. The maximum atomic E-state index is 11.6. The molecule has 0 aliphatic rings. The molecule has 0 heterocycles. The lowest BCUT2D eigenvalue weighted by Crippen LogP contribution is -2.29. The third-order valence-corrected chi connectivity index (χ3v) is 4.40. The predicted octanol–water partition coefficient (Wildman–Crippen LogP) is 4.68. The van der Waals surface area contributed by atoms with E-state index in [1.165, 1.54) is 5.56 Å². The third-order valence-electron chi connectivity index (χ3n) is 4.40. The summed E-state index contributed by atoms with van der Waals surface area (Å²) in [5, 5.41) is 9.51. The molecule has 2 aromatic rings. The van der Waals surface area contributed by atoms with Crippen molar-refractivity contribution in [2.75, 3.05) is 0 Å². The Morgan fingerprint density at radius 2 is 1.71 bits per heavy atom. The van der Waals surface area contributed by atoms with Gasteiger partial charge in [0.1, 0.15) is 5.75 Å². The van der Waals surface area contributed by atoms with Gasteiger partial charge in [-0.05, 0) is 53.6 Å². The molecule has 0 bridgehead atoms. The van der Waals surface area contributed by atoms with Gasteiger partial charge in [-0.1, -0.05) is 51.1 Å². The average Bonchev–Trinajstić information content (AvgIpc) is 2.50. The van der Waals surface area contributed by atoms with Crippen molar-refractivity contribution >= 4 is 5.97 Å². The van der Waals surface area contributed by atoms with Crippen molar-refractivity contribution in [1.82, 2.24) is 0 Å². The smallest absolute Gasteiger partial charge is 0.345 e. The molecular weight excluding hydrogens is 300 g/mol. The van der Waals surface area contributed by atoms with Crippen molar-refractivity contribution < 1.29 is 14.6 Å². The summed E-state index contributed by atoms with van der Waals surface area (Å²) in [5.41, 5.74) is 4.54. The molecule has 24 heavy (non-hydrogen) atoms. The highest BCUT2D eigenvalue weighted by Crippen LogP contribution is 2.25. The van der Waals surface area contributed by atoms with Crippen LogP contribution in [0.25, 0.3) is 0 Å². The monoisotopic (exact) mass is 326 g/mol. The number of carboxylic acids is 1. The van der Waals surface area contributed by atoms with E-state index in [0.717, 1.165) is 16.7 Å². The van der Waals surface area contributed by atoms with Gasteiger partial charge < -0.3 is 9.84 Å². The van der Waals surface area contributed by atoms with E-state index in [1.54, 1.807) is 0 Å². The molecule has 0 aliphatic heterocycles. The first-order valence-electron chi connectivity index (χ1n) is 8.23. The number of benzene rings is 2. The zero-order valence-corrected chi connectivity index (χ0v) is 15.1. The van der Waals surface area contributed by atoms with Gasteiger partial charge in [0.2, 0.25) is 0 Å². The minimum atomic E-state index is -0.948. The minimum absolute atomic E-state index is 0.0589. The molecule has 3 nitrogen and oxygen atoms in total. The zero-order valence-electron chi connectivity index (χ0n) is 15.1. The zero-order chi connectivity index (χ0) is 17.9. The molecule has 0 aromatic heterocycles. The molecule has 128 valence electrons. The van der Waals surface area contributed by atoms with Gasteiger partial charge in [0.25, 0.3) is 0 Å². The van der Waals surface area contributed by atoms with Crippen LogP contribution in [0.2, 0.25) is 0 Å². The fourth-order valence-corrected chi connectivity index (χ4v) is 2.61. The van der Waals surface area contributed by atoms with E-state index >= 15 is 0 Å². The summed E-state index contributed by atoms with van der Waals surface area (Å²) in [6.07, 6.45) is -0.546. The van der Waals surface area contributed by atoms with Crippen LogP contribution in [-0.4, -0.2) is 17.2 Å². The first kappa shape index (κ1) is 18.1. The molecular formula is C21H26O3. The Balaban J connectivity index is 2.17. The van der Waals surface area contributed by atoms with Crippen LogP contribution in [0.1, 0.15) is 43.0 Å². The average molecular weight is 326 g/mol. The second kappa shape index (κ2) is 7.08. The number of ether oxygens (including phenoxy) is 1. The maximum Gasteiger partial charge on any atom is 0.345 e. The fraction of sp³-hybridized carbons (Fsp3) is 0.381. The summed E-state index contributed by atoms with van der Waals surface area (Å²) in [6, 6.07) is 13.6. The lowest BCUT2D eigenvalue weighted by molar-refractivity contribution is -0.145. The second-order valence-corrected chi connectivity index (χ2v) is 7.28. The van der Waals surface area contributed by atoms with Gasteiger partial charge in [0, 0.05) is 6.42 Å². The Morgan fingerprint density at radius 3 is 2.25 bits per heavy atom. The largest absolute Gasteiger partial charge is 0.478 e. The van der Waals surface area contributed by atoms with Crippen LogP contribution in [0.5, 0.6) is 5.75 Å². The SMILES string of the molecule is Cc1cccc(C[C@@H](Oc2ccc(C(C)(C)C)cc2)C(=O)O)c1C. The molecule has 2 aromatic carbocycles. The number of hydrogen-bond acceptors (Lipinski definition) is 2. The second-order valence-electron chi connectivity index (χ2n) is 7.28. The molecule has 0 saturated carbocycles. The van der Waals surface area contributed by atoms with Crippen LogP contribution in [0.4, 0.5) is 0 Å². The van der Waals surface area contributed by atoms with E-state index < -0.39 is 12.1 Å². The van der Waals surface area contributed by atoms with Crippen molar-refractivity contribution in [2.24, 2.45) is 0 Å². The van der Waals surface area contributed by atoms with Gasteiger partial charge >= 0.3 is 5.97 Å². The molecule has 0 radical (unpaired) electrons. The van der Waals surface area contributed by atoms with Crippen LogP contribution in [0.15, 0.2) is 42.5 Å². The first-order valence-corrected chi connectivity index (χ1v) is 8.23. The summed E-state index contributed by atoms with van der Waals surface area (Å²) in [5.74, 6) is -0.364. The van der Waals surface area contributed by atoms with Gasteiger partial charge in [-0.3, -0.25) is 0 Å². The van der Waals surface area contributed by atoms with Crippen molar-refractivity contribution in [1.29, 1.82) is 0 Å². The lowest BCUT2D eigenvalue weighted by Gasteiger charge is -2.20. The lowest BCUT2D eigenvalue weighted by atomic mass is 9.87. The van der Waals surface area contributed by atoms with Gasteiger partial charge in [-0.15, -0.1) is 0 Å². The Kier molecular flexibility index (Phi) is 5.33. The van der Waals surface area contributed by atoms with Crippen LogP contribution in [-0.2, 0) is 16.6 Å². The summed E-state index contributed by atoms with van der Waals surface area (Å²) in [4.78, 5) is 11.6. The highest BCUT2D eigenvalue weighted by molar-refractivity contribution is 5.73. The molecule has 1 atom stereocenters. The van der Waals surface area contributed by atoms with Gasteiger partial charge in [0.05, 0.1) is 0 Å². The quantitative estimate of drug-likeness (QED) is 0.868. The Labute approximate surface area is 144 Å². The molecule has 0 unspecified atom stereocenters. The molecule has 1 N–H and O–H groups in total. The first-order chi connectivity index (χ1) is 11.2. The number of rotatable bonds is 5. The van der Waals surface area contributed by atoms with E-state index in [9.17, 15) is 9.90 Å². The maximum absolute atomic E-state index is 11.6. The normalized spacial score (nSPS) is 12.7. The molecule has 3 heteroatoms. The number of carbonyl (C=O) groups is 1. The van der Waals surface area contributed by atoms with Crippen LogP contribution in [0.3, 0.4) is 0 Å². The predicted molar refractivity (Wildman–Crippen MR) is 96.8 cm³/mol. The molecule has 0 spiro atoms. The van der Waals surface area contributed by atoms with Crippen LogP contribution >= 0.6 is 0 Å². The Bertz CT molecular complexity index is 709. The highest BCUT2D eigenvalue weighted by atomic mass is 16.5. The van der Waals surface area contributed by atoms with Crippen molar-refractivity contribution in [3.05, 3.63) is 64.7 Å².